The Balaban J connectivity index is 1.51. The van der Waals surface area contributed by atoms with Gasteiger partial charge in [-0.15, -0.1) is 0 Å². The van der Waals surface area contributed by atoms with Crippen molar-refractivity contribution in [3.05, 3.63) is 71.4 Å². The number of ketones is 1. The number of para-hydroxylation sites is 1. The molecule has 0 radical (unpaired) electrons. The monoisotopic (exact) mass is 433 g/mol. The second kappa shape index (κ2) is 8.66. The average molecular weight is 433 g/mol. The van der Waals surface area contributed by atoms with Crippen molar-refractivity contribution in [3.63, 3.8) is 0 Å². The highest BCUT2D eigenvalue weighted by atomic mass is 16.5. The molecule has 0 bridgehead atoms. The fourth-order valence-corrected chi connectivity index (χ4v) is 4.08. The second-order valence-corrected chi connectivity index (χ2v) is 7.72. The van der Waals surface area contributed by atoms with E-state index in [1.165, 1.54) is 18.2 Å². The summed E-state index contributed by atoms with van der Waals surface area (Å²) in [5.74, 6) is -1.92. The van der Waals surface area contributed by atoms with Crippen LogP contribution in [-0.2, 0) is 9.53 Å². The normalized spacial score (nSPS) is 16.1. The van der Waals surface area contributed by atoms with E-state index in [9.17, 15) is 19.2 Å². The number of rotatable bonds is 4. The number of carbonyl (C=O) groups excluding carboxylic acids is 4. The van der Waals surface area contributed by atoms with Gasteiger partial charge < -0.3 is 19.5 Å². The van der Waals surface area contributed by atoms with Crippen LogP contribution in [0.1, 0.15) is 38.0 Å². The largest absolute Gasteiger partial charge is 0.465 e. The fourth-order valence-electron chi connectivity index (χ4n) is 4.08. The van der Waals surface area contributed by atoms with Gasteiger partial charge in [-0.05, 0) is 25.1 Å². The number of Topliss-reactive ketones (excluding diaryl/α,β-unsaturated/α-hetero) is 1. The van der Waals surface area contributed by atoms with Gasteiger partial charge in [0.05, 0.1) is 23.8 Å². The van der Waals surface area contributed by atoms with E-state index < -0.39 is 17.7 Å². The molecule has 2 amide bonds. The SMILES string of the molecule is COC(=O)c1cccc2c(C(=O)C(=O)N3CCN(C(=O)c4ccccc4)C[C@@H]3C)c[nH]c12. The Morgan fingerprint density at radius 1 is 0.969 bits per heavy atom. The first-order valence-electron chi connectivity index (χ1n) is 10.3. The van der Waals surface area contributed by atoms with Crippen molar-refractivity contribution < 1.29 is 23.9 Å². The third-order valence-electron chi connectivity index (χ3n) is 5.76. The highest BCUT2D eigenvalue weighted by Crippen LogP contribution is 2.24. The lowest BCUT2D eigenvalue weighted by Crippen LogP contribution is -2.56. The van der Waals surface area contributed by atoms with Gasteiger partial charge in [-0.1, -0.05) is 30.3 Å². The molecule has 1 aliphatic heterocycles. The molecule has 2 aromatic carbocycles. The topological polar surface area (TPSA) is 99.8 Å². The smallest absolute Gasteiger partial charge is 0.339 e. The minimum atomic E-state index is -0.659. The molecule has 1 aliphatic rings. The average Bonchev–Trinajstić information content (AvgIpc) is 3.27. The van der Waals surface area contributed by atoms with E-state index in [0.717, 1.165) is 0 Å². The van der Waals surface area contributed by atoms with Gasteiger partial charge in [0.1, 0.15) is 0 Å². The molecular weight excluding hydrogens is 410 g/mol. The number of ether oxygens (including phenoxy) is 1. The maximum Gasteiger partial charge on any atom is 0.339 e. The summed E-state index contributed by atoms with van der Waals surface area (Å²) in [6.45, 7) is 2.77. The highest BCUT2D eigenvalue weighted by molar-refractivity contribution is 6.45. The third kappa shape index (κ3) is 3.75. The Morgan fingerprint density at radius 3 is 2.41 bits per heavy atom. The molecule has 0 unspecified atom stereocenters. The number of hydrogen-bond acceptors (Lipinski definition) is 5. The van der Waals surface area contributed by atoms with Crippen LogP contribution in [0.4, 0.5) is 0 Å². The predicted octanol–water partition coefficient (Wildman–Crippen LogP) is 2.51. The number of piperazine rings is 1. The number of nitrogens with one attached hydrogen (secondary N) is 1. The van der Waals surface area contributed by atoms with Crippen molar-refractivity contribution in [2.24, 2.45) is 0 Å². The number of carbonyl (C=O) groups is 4. The van der Waals surface area contributed by atoms with Crippen LogP contribution in [-0.4, -0.2) is 71.1 Å². The summed E-state index contributed by atoms with van der Waals surface area (Å²) >= 11 is 0. The number of aromatic amines is 1. The van der Waals surface area contributed by atoms with Gasteiger partial charge in [0.2, 0.25) is 0 Å². The summed E-state index contributed by atoms with van der Waals surface area (Å²) in [6, 6.07) is 13.6. The second-order valence-electron chi connectivity index (χ2n) is 7.72. The Kier molecular flexibility index (Phi) is 5.77. The Bertz CT molecular complexity index is 1200. The number of fused-ring (bicyclic) bond motifs is 1. The predicted molar refractivity (Wildman–Crippen MR) is 117 cm³/mol. The molecular formula is C24H23N3O5. The Labute approximate surface area is 184 Å². The van der Waals surface area contributed by atoms with Crippen LogP contribution >= 0.6 is 0 Å². The summed E-state index contributed by atoms with van der Waals surface area (Å²) in [5, 5.41) is 0.483. The minimum absolute atomic E-state index is 0.0946. The quantitative estimate of drug-likeness (QED) is 0.387. The van der Waals surface area contributed by atoms with Crippen molar-refractivity contribution >= 4 is 34.5 Å². The zero-order valence-corrected chi connectivity index (χ0v) is 17.8. The molecule has 2 heterocycles. The fraction of sp³-hybridized carbons (Fsp3) is 0.250. The molecule has 0 aliphatic carbocycles. The first-order chi connectivity index (χ1) is 15.4. The first-order valence-corrected chi connectivity index (χ1v) is 10.3. The summed E-state index contributed by atoms with van der Waals surface area (Å²) in [6.07, 6.45) is 1.44. The van der Waals surface area contributed by atoms with Gasteiger partial charge in [0, 0.05) is 42.8 Å². The minimum Gasteiger partial charge on any atom is -0.465 e. The van der Waals surface area contributed by atoms with E-state index in [-0.39, 0.29) is 29.6 Å². The van der Waals surface area contributed by atoms with E-state index in [0.29, 0.717) is 29.6 Å². The molecule has 0 saturated carbocycles. The van der Waals surface area contributed by atoms with E-state index in [1.807, 2.05) is 25.1 Å². The Hall–Kier alpha value is -3.94. The molecule has 1 N–H and O–H groups in total. The summed E-state index contributed by atoms with van der Waals surface area (Å²) < 4.78 is 4.78. The number of amides is 2. The van der Waals surface area contributed by atoms with Gasteiger partial charge in [-0.2, -0.15) is 0 Å². The molecule has 1 atom stereocenters. The standard InChI is InChI=1S/C24H23N3O5/c1-15-14-26(22(29)16-7-4-3-5-8-16)11-12-27(15)23(30)21(28)19-13-25-20-17(19)9-6-10-18(20)24(31)32-2/h3-10,13,15,25H,11-12,14H2,1-2H3/t15-/m0/s1. The molecule has 164 valence electrons. The molecule has 0 spiro atoms. The lowest BCUT2D eigenvalue weighted by atomic mass is 10.0. The Morgan fingerprint density at radius 2 is 1.72 bits per heavy atom. The van der Waals surface area contributed by atoms with E-state index >= 15 is 0 Å². The van der Waals surface area contributed by atoms with Gasteiger partial charge in [-0.3, -0.25) is 14.4 Å². The van der Waals surface area contributed by atoms with Crippen LogP contribution in [0.15, 0.2) is 54.7 Å². The van der Waals surface area contributed by atoms with Crippen LogP contribution in [0.2, 0.25) is 0 Å². The molecule has 8 nitrogen and oxygen atoms in total. The van der Waals surface area contributed by atoms with Crippen molar-refractivity contribution in [3.8, 4) is 0 Å². The van der Waals surface area contributed by atoms with Crippen molar-refractivity contribution in [2.75, 3.05) is 26.7 Å². The molecule has 1 fully saturated rings. The summed E-state index contributed by atoms with van der Waals surface area (Å²) in [4.78, 5) is 56.9. The summed E-state index contributed by atoms with van der Waals surface area (Å²) in [7, 11) is 1.28. The summed E-state index contributed by atoms with van der Waals surface area (Å²) in [5.41, 5.74) is 1.53. The molecule has 32 heavy (non-hydrogen) atoms. The van der Waals surface area contributed by atoms with Crippen LogP contribution < -0.4 is 0 Å². The number of aromatic nitrogens is 1. The maximum atomic E-state index is 13.0. The van der Waals surface area contributed by atoms with Gasteiger partial charge in [0.25, 0.3) is 17.6 Å². The molecule has 4 rings (SSSR count). The molecule has 1 aromatic heterocycles. The maximum absolute atomic E-state index is 13.0. The molecule has 8 heteroatoms. The number of hydrogen-bond donors (Lipinski definition) is 1. The van der Waals surface area contributed by atoms with E-state index in [1.54, 1.807) is 35.2 Å². The molecule has 1 saturated heterocycles. The van der Waals surface area contributed by atoms with Gasteiger partial charge in [0.15, 0.2) is 0 Å². The van der Waals surface area contributed by atoms with Crippen LogP contribution in [0.5, 0.6) is 0 Å². The number of nitrogens with zero attached hydrogens (tertiary/aromatic N) is 2. The lowest BCUT2D eigenvalue weighted by molar-refractivity contribution is -0.130. The van der Waals surface area contributed by atoms with Gasteiger partial charge in [-0.25, -0.2) is 4.79 Å². The zero-order valence-electron chi connectivity index (χ0n) is 17.8. The zero-order chi connectivity index (χ0) is 22.8. The van der Waals surface area contributed by atoms with Crippen LogP contribution in [0.25, 0.3) is 10.9 Å². The number of methoxy groups -OCH3 is 1. The number of esters is 1. The first kappa shape index (κ1) is 21.3. The number of benzene rings is 2. The highest BCUT2D eigenvalue weighted by Gasteiger charge is 2.34. The van der Waals surface area contributed by atoms with Crippen LogP contribution in [0.3, 0.4) is 0 Å². The molecule has 3 aromatic rings. The third-order valence-corrected chi connectivity index (χ3v) is 5.76. The van der Waals surface area contributed by atoms with Gasteiger partial charge >= 0.3 is 5.97 Å². The van der Waals surface area contributed by atoms with E-state index in [2.05, 4.69) is 4.98 Å². The van der Waals surface area contributed by atoms with Crippen molar-refractivity contribution in [2.45, 2.75) is 13.0 Å². The van der Waals surface area contributed by atoms with E-state index in [4.69, 9.17) is 4.74 Å². The lowest BCUT2D eigenvalue weighted by Gasteiger charge is -2.39. The van der Waals surface area contributed by atoms with Crippen LogP contribution in [0, 0.1) is 0 Å². The number of H-pyrrole nitrogens is 1. The van der Waals surface area contributed by atoms with Crippen molar-refractivity contribution in [1.82, 2.24) is 14.8 Å². The van der Waals surface area contributed by atoms with Crippen molar-refractivity contribution in [1.29, 1.82) is 0 Å².